The molecule has 1 fully saturated rings. The number of nitrogens with zero attached hydrogens (tertiary/aromatic N) is 2. The third-order valence-electron chi connectivity index (χ3n) is 5.12. The van der Waals surface area contributed by atoms with Crippen LogP contribution >= 0.6 is 11.6 Å². The minimum atomic E-state index is -0.517. The summed E-state index contributed by atoms with van der Waals surface area (Å²) in [5, 5.41) is 11.2. The van der Waals surface area contributed by atoms with Gasteiger partial charge in [0.05, 0.1) is 0 Å². The molecule has 150 valence electrons. The van der Waals surface area contributed by atoms with E-state index in [2.05, 4.69) is 29.4 Å². The Bertz CT molecular complexity index is 788. The van der Waals surface area contributed by atoms with E-state index in [4.69, 9.17) is 16.3 Å². The molecule has 1 aliphatic rings. The second kappa shape index (κ2) is 9.97. The first-order chi connectivity index (χ1) is 13.6. The third-order valence-corrected chi connectivity index (χ3v) is 5.36. The van der Waals surface area contributed by atoms with Crippen LogP contribution in [0.2, 0.25) is 5.02 Å². The maximum Gasteiger partial charge on any atom is 0.122 e. The van der Waals surface area contributed by atoms with Gasteiger partial charge in [0.2, 0.25) is 0 Å². The molecule has 0 spiro atoms. The molecule has 0 aliphatic carbocycles. The Morgan fingerprint density at radius 2 is 1.93 bits per heavy atom. The molecule has 4 nitrogen and oxygen atoms in total. The number of allylic oxidation sites excluding steroid dienone is 1. The molecule has 3 rings (SSSR count). The number of halogens is 1. The van der Waals surface area contributed by atoms with Gasteiger partial charge in [0, 0.05) is 43.4 Å². The molecule has 0 radical (unpaired) electrons. The summed E-state index contributed by atoms with van der Waals surface area (Å²) in [5.41, 5.74) is 3.54. The van der Waals surface area contributed by atoms with Crippen molar-refractivity contribution >= 4 is 17.3 Å². The van der Waals surface area contributed by atoms with Gasteiger partial charge in [-0.05, 0) is 42.7 Å². The van der Waals surface area contributed by atoms with Crippen molar-refractivity contribution < 1.29 is 9.84 Å². The summed E-state index contributed by atoms with van der Waals surface area (Å²) in [5.74, 6) is 0.822. The number of hydrogen-bond donors (Lipinski definition) is 1. The average molecular weight is 401 g/mol. The number of rotatable bonds is 8. The number of anilines is 1. The van der Waals surface area contributed by atoms with Crippen LogP contribution in [0.1, 0.15) is 11.1 Å². The van der Waals surface area contributed by atoms with Gasteiger partial charge in [-0.2, -0.15) is 0 Å². The molecular weight excluding hydrogens is 372 g/mol. The van der Waals surface area contributed by atoms with Crippen molar-refractivity contribution in [3.63, 3.8) is 0 Å². The summed E-state index contributed by atoms with van der Waals surface area (Å²) >= 11 is 6.16. The van der Waals surface area contributed by atoms with E-state index in [9.17, 15) is 5.11 Å². The molecule has 28 heavy (non-hydrogen) atoms. The smallest absolute Gasteiger partial charge is 0.122 e. The van der Waals surface area contributed by atoms with Crippen LogP contribution in [0.15, 0.2) is 55.1 Å². The highest BCUT2D eigenvalue weighted by molar-refractivity contribution is 6.30. The van der Waals surface area contributed by atoms with Gasteiger partial charge in [0.25, 0.3) is 0 Å². The third kappa shape index (κ3) is 5.51. The average Bonchev–Trinajstić information content (AvgIpc) is 2.70. The molecule has 0 unspecified atom stereocenters. The molecule has 5 heteroatoms. The SMILES string of the molecule is C=CCc1ccccc1OC[C@H](O)CN1CCN(c2cc(Cl)ccc2C)CC1. The van der Waals surface area contributed by atoms with E-state index in [1.807, 2.05) is 42.5 Å². The minimum Gasteiger partial charge on any atom is -0.491 e. The molecule has 2 aromatic rings. The van der Waals surface area contributed by atoms with Crippen molar-refractivity contribution in [1.82, 2.24) is 4.90 Å². The lowest BCUT2D eigenvalue weighted by molar-refractivity contribution is 0.0660. The summed E-state index contributed by atoms with van der Waals surface area (Å²) in [7, 11) is 0. The normalized spacial score (nSPS) is 16.0. The topological polar surface area (TPSA) is 35.9 Å². The number of ether oxygens (including phenoxy) is 1. The summed E-state index contributed by atoms with van der Waals surface area (Å²) in [6.07, 6.45) is 2.10. The molecule has 1 N–H and O–H groups in total. The van der Waals surface area contributed by atoms with Crippen molar-refractivity contribution in [2.75, 3.05) is 44.2 Å². The zero-order valence-corrected chi connectivity index (χ0v) is 17.2. The van der Waals surface area contributed by atoms with Crippen LogP contribution in [-0.2, 0) is 6.42 Å². The largest absolute Gasteiger partial charge is 0.491 e. The monoisotopic (exact) mass is 400 g/mol. The van der Waals surface area contributed by atoms with Crippen molar-refractivity contribution in [3.8, 4) is 5.75 Å². The fourth-order valence-corrected chi connectivity index (χ4v) is 3.77. The first kappa shape index (κ1) is 20.7. The van der Waals surface area contributed by atoms with E-state index in [1.165, 1.54) is 11.3 Å². The van der Waals surface area contributed by atoms with Crippen LogP contribution in [0.3, 0.4) is 0 Å². The second-order valence-corrected chi connectivity index (χ2v) is 7.72. The van der Waals surface area contributed by atoms with E-state index in [1.54, 1.807) is 0 Å². The molecule has 0 bridgehead atoms. The van der Waals surface area contributed by atoms with E-state index < -0.39 is 6.10 Å². The first-order valence-corrected chi connectivity index (χ1v) is 10.2. The van der Waals surface area contributed by atoms with Crippen LogP contribution < -0.4 is 9.64 Å². The number of β-amino-alcohol motifs (C(OH)–C–C–N with tert-alkyl or cyclic N) is 1. The molecule has 0 saturated carbocycles. The van der Waals surface area contributed by atoms with Gasteiger partial charge in [-0.3, -0.25) is 4.90 Å². The van der Waals surface area contributed by atoms with Crippen LogP contribution in [0, 0.1) is 6.92 Å². The van der Waals surface area contributed by atoms with Crippen LogP contribution in [-0.4, -0.2) is 55.4 Å². The second-order valence-electron chi connectivity index (χ2n) is 7.28. The molecule has 1 heterocycles. The Balaban J connectivity index is 1.47. The molecule has 2 aromatic carbocycles. The maximum atomic E-state index is 10.4. The molecule has 1 aliphatic heterocycles. The summed E-state index contributed by atoms with van der Waals surface area (Å²) in [6.45, 7) is 10.5. The number of aliphatic hydroxyl groups excluding tert-OH is 1. The first-order valence-electron chi connectivity index (χ1n) is 9.80. The van der Waals surface area contributed by atoms with Gasteiger partial charge in [0.1, 0.15) is 18.5 Å². The Labute approximate surface area is 173 Å². The van der Waals surface area contributed by atoms with Crippen LogP contribution in [0.4, 0.5) is 5.69 Å². The summed E-state index contributed by atoms with van der Waals surface area (Å²) in [4.78, 5) is 4.66. The number of para-hydroxylation sites is 1. The Morgan fingerprint density at radius 1 is 1.18 bits per heavy atom. The minimum absolute atomic E-state index is 0.293. The van der Waals surface area contributed by atoms with Gasteiger partial charge in [-0.1, -0.05) is 41.9 Å². The van der Waals surface area contributed by atoms with Crippen LogP contribution in [0.5, 0.6) is 5.75 Å². The predicted octanol–water partition coefficient (Wildman–Crippen LogP) is 3.94. The number of benzene rings is 2. The quantitative estimate of drug-likeness (QED) is 0.681. The molecule has 0 amide bonds. The van der Waals surface area contributed by atoms with E-state index in [0.717, 1.165) is 48.9 Å². The highest BCUT2D eigenvalue weighted by Crippen LogP contribution is 2.25. The van der Waals surface area contributed by atoms with E-state index >= 15 is 0 Å². The van der Waals surface area contributed by atoms with Gasteiger partial charge < -0.3 is 14.7 Å². The fraction of sp³-hybridized carbons (Fsp3) is 0.391. The van der Waals surface area contributed by atoms with Crippen molar-refractivity contribution in [1.29, 1.82) is 0 Å². The molecule has 0 aromatic heterocycles. The molecular formula is C23H29ClN2O2. The number of piperazine rings is 1. The van der Waals surface area contributed by atoms with Crippen molar-refractivity contribution in [2.24, 2.45) is 0 Å². The molecule has 1 saturated heterocycles. The molecule has 1 atom stereocenters. The fourth-order valence-electron chi connectivity index (χ4n) is 3.60. The Morgan fingerprint density at radius 3 is 2.68 bits per heavy atom. The summed E-state index contributed by atoms with van der Waals surface area (Å²) < 4.78 is 5.86. The highest BCUT2D eigenvalue weighted by atomic mass is 35.5. The van der Waals surface area contributed by atoms with Crippen molar-refractivity contribution in [2.45, 2.75) is 19.4 Å². The standard InChI is InChI=1S/C23H29ClN2O2/c1-3-6-19-7-4-5-8-23(19)28-17-21(27)16-25-11-13-26(14-12-25)22-15-20(24)10-9-18(22)2/h3-5,7-10,15,21,27H,1,6,11-14,16-17H2,2H3/t21-/m1/s1. The van der Waals surface area contributed by atoms with Gasteiger partial charge >= 0.3 is 0 Å². The summed E-state index contributed by atoms with van der Waals surface area (Å²) in [6, 6.07) is 13.9. The lowest BCUT2D eigenvalue weighted by Crippen LogP contribution is -2.49. The highest BCUT2D eigenvalue weighted by Gasteiger charge is 2.21. The number of aryl methyl sites for hydroxylation is 1. The van der Waals surface area contributed by atoms with Gasteiger partial charge in [0.15, 0.2) is 0 Å². The lowest BCUT2D eigenvalue weighted by Gasteiger charge is -2.37. The zero-order valence-electron chi connectivity index (χ0n) is 16.5. The number of aliphatic hydroxyl groups is 1. The van der Waals surface area contributed by atoms with E-state index in [-0.39, 0.29) is 0 Å². The van der Waals surface area contributed by atoms with Gasteiger partial charge in [-0.15, -0.1) is 6.58 Å². The Hall–Kier alpha value is -2.01. The Kier molecular flexibility index (Phi) is 7.37. The lowest BCUT2D eigenvalue weighted by atomic mass is 10.1. The maximum absolute atomic E-state index is 10.4. The zero-order chi connectivity index (χ0) is 19.9. The number of hydrogen-bond acceptors (Lipinski definition) is 4. The van der Waals surface area contributed by atoms with Crippen LogP contribution in [0.25, 0.3) is 0 Å². The predicted molar refractivity (Wildman–Crippen MR) is 117 cm³/mol. The van der Waals surface area contributed by atoms with Gasteiger partial charge in [-0.25, -0.2) is 0 Å². The van der Waals surface area contributed by atoms with E-state index in [0.29, 0.717) is 13.2 Å². The van der Waals surface area contributed by atoms with Crippen molar-refractivity contribution in [3.05, 3.63) is 71.3 Å².